The predicted molar refractivity (Wildman–Crippen MR) is 230 cm³/mol. The summed E-state index contributed by atoms with van der Waals surface area (Å²) < 4.78 is 14.2. The van der Waals surface area contributed by atoms with Crippen LogP contribution in [0.4, 0.5) is 0 Å². The number of carbonyl (C=O) groups is 2. The van der Waals surface area contributed by atoms with Crippen molar-refractivity contribution in [2.75, 3.05) is 0 Å². The van der Waals surface area contributed by atoms with Crippen LogP contribution in [0.25, 0.3) is 4.85 Å². The minimum Gasteiger partial charge on any atom is -0.425 e. The standard InChI is InChI=1S/C50H54N2O4S2/c1-5-7-9-13-30-18-22-32(23-19-30)47(53)55-43-39-40(42-35-27-29(3)17-26-37(35)50(42)36-16-12-11-15-34(36)41(39)50)44(46-45(43)57-49(58-46)38(28-51)52-4)56-48(54)33-24-20-31(21-25-33)14-10-8-6-2/h11-12,15-17,26-27,30-33,41-42H,5-10,13-14,18-25H2,1-3H3/b49-38+. The fourth-order valence-corrected chi connectivity index (χ4v) is 14.2. The van der Waals surface area contributed by atoms with Crippen molar-refractivity contribution in [2.45, 2.75) is 151 Å². The van der Waals surface area contributed by atoms with Gasteiger partial charge in [-0.15, -0.1) is 0 Å². The molecule has 0 aromatic heterocycles. The number of esters is 2. The number of carbonyl (C=O) groups excluding carboxylic acids is 2. The molecule has 58 heavy (non-hydrogen) atoms. The van der Waals surface area contributed by atoms with Gasteiger partial charge in [0, 0.05) is 28.4 Å². The number of thioether (sulfide) groups is 2. The van der Waals surface area contributed by atoms with Gasteiger partial charge in [-0.25, -0.2) is 10.1 Å². The van der Waals surface area contributed by atoms with E-state index in [0.29, 0.717) is 37.4 Å². The summed E-state index contributed by atoms with van der Waals surface area (Å²) in [6, 6.07) is 17.5. The number of aryl methyl sites for hydroxylation is 1. The van der Waals surface area contributed by atoms with E-state index in [1.54, 1.807) is 0 Å². The first-order valence-electron chi connectivity index (χ1n) is 22.1. The lowest BCUT2D eigenvalue weighted by molar-refractivity contribution is -0.141. The maximum Gasteiger partial charge on any atom is 0.314 e. The van der Waals surface area contributed by atoms with Crippen molar-refractivity contribution in [3.8, 4) is 17.6 Å². The number of fused-ring (bicyclic) bond motifs is 8. The van der Waals surface area contributed by atoms with Crippen molar-refractivity contribution in [3.05, 3.63) is 103 Å². The lowest BCUT2D eigenvalue weighted by atomic mass is 9.43. The third-order valence-corrected chi connectivity index (χ3v) is 17.1. The van der Waals surface area contributed by atoms with E-state index in [9.17, 15) is 14.9 Å². The summed E-state index contributed by atoms with van der Waals surface area (Å²) in [6.07, 6.45) is 17.4. The lowest BCUT2D eigenvalue weighted by Crippen LogP contribution is -2.52. The number of ether oxygens (including phenoxy) is 2. The smallest absolute Gasteiger partial charge is 0.314 e. The third kappa shape index (κ3) is 6.35. The monoisotopic (exact) mass is 810 g/mol. The van der Waals surface area contributed by atoms with Gasteiger partial charge in [-0.2, -0.15) is 0 Å². The van der Waals surface area contributed by atoms with Crippen LogP contribution in [0.1, 0.15) is 167 Å². The topological polar surface area (TPSA) is 80.8 Å². The Morgan fingerprint density at radius 1 is 0.759 bits per heavy atom. The van der Waals surface area contributed by atoms with Crippen LogP contribution >= 0.6 is 23.5 Å². The largest absolute Gasteiger partial charge is 0.425 e. The van der Waals surface area contributed by atoms with E-state index in [0.717, 1.165) is 62.5 Å². The number of hydrogen-bond donors (Lipinski definition) is 0. The number of allylic oxidation sites excluding steroid dienone is 1. The molecule has 2 saturated carbocycles. The van der Waals surface area contributed by atoms with Gasteiger partial charge < -0.3 is 9.47 Å². The summed E-state index contributed by atoms with van der Waals surface area (Å²) in [6.45, 7) is 14.5. The second-order valence-corrected chi connectivity index (χ2v) is 20.2. The van der Waals surface area contributed by atoms with E-state index in [-0.39, 0.29) is 46.7 Å². The first-order chi connectivity index (χ1) is 28.3. The summed E-state index contributed by atoms with van der Waals surface area (Å²) >= 11 is 2.65. The van der Waals surface area contributed by atoms with Gasteiger partial charge in [-0.3, -0.25) is 9.59 Å². The molecule has 3 unspecified atom stereocenters. The van der Waals surface area contributed by atoms with Gasteiger partial charge in [0.05, 0.1) is 38.5 Å². The SMILES string of the molecule is [C-]#[N+]/C(C#N)=C1\Sc2c(OC(=O)C3CCC(CCCCC)CC3)c3c(c(OC(=O)C4CCC(CCCCC)CC4)c2S1)C1c2cc(C)ccc2C12c1ccccc1C32. The fraction of sp³-hybridized carbons (Fsp3) is 0.520. The van der Waals surface area contributed by atoms with Crippen LogP contribution in [0, 0.1) is 48.5 Å². The number of unbranched alkanes of at least 4 members (excludes halogenated alkanes) is 4. The van der Waals surface area contributed by atoms with Crippen LogP contribution < -0.4 is 9.47 Å². The fourth-order valence-electron chi connectivity index (χ4n) is 11.6. The number of rotatable bonds is 12. The molecule has 5 aliphatic carbocycles. The Balaban J connectivity index is 1.15. The molecule has 3 aromatic carbocycles. The number of nitriles is 1. The average Bonchev–Trinajstić information content (AvgIpc) is 3.76. The highest BCUT2D eigenvalue weighted by Gasteiger charge is 2.71. The second kappa shape index (κ2) is 16.2. The summed E-state index contributed by atoms with van der Waals surface area (Å²) in [4.78, 5) is 34.0. The van der Waals surface area contributed by atoms with Gasteiger partial charge in [0.15, 0.2) is 0 Å². The van der Waals surface area contributed by atoms with Crippen LogP contribution in [0.5, 0.6) is 11.5 Å². The van der Waals surface area contributed by atoms with Crippen LogP contribution in [0.2, 0.25) is 0 Å². The van der Waals surface area contributed by atoms with Crippen LogP contribution in [-0.4, -0.2) is 11.9 Å². The quantitative estimate of drug-likeness (QED) is 0.0592. The van der Waals surface area contributed by atoms with Crippen LogP contribution in [0.15, 0.2) is 62.2 Å². The molecule has 3 aromatic rings. The Morgan fingerprint density at radius 2 is 1.28 bits per heavy atom. The van der Waals surface area contributed by atoms with E-state index in [4.69, 9.17) is 16.0 Å². The zero-order valence-electron chi connectivity index (χ0n) is 34.2. The molecule has 3 atom stereocenters. The highest BCUT2D eigenvalue weighted by atomic mass is 32.2. The molecule has 0 saturated heterocycles. The van der Waals surface area contributed by atoms with E-state index in [1.165, 1.54) is 103 Å². The van der Waals surface area contributed by atoms with Gasteiger partial charge in [-0.05, 0) is 92.4 Å². The molecule has 6 nitrogen and oxygen atoms in total. The lowest BCUT2D eigenvalue weighted by Gasteiger charge is -2.58. The van der Waals surface area contributed by atoms with Crippen molar-refractivity contribution in [2.24, 2.45) is 23.7 Å². The van der Waals surface area contributed by atoms with Gasteiger partial charge in [0.1, 0.15) is 11.5 Å². The summed E-state index contributed by atoms with van der Waals surface area (Å²) in [7, 11) is 0. The normalized spacial score (nSPS) is 27.8. The van der Waals surface area contributed by atoms with Crippen molar-refractivity contribution < 1.29 is 19.1 Å². The Labute approximate surface area is 352 Å². The van der Waals surface area contributed by atoms with Crippen LogP contribution in [-0.2, 0) is 15.0 Å². The summed E-state index contributed by atoms with van der Waals surface area (Å²) in [5.74, 6) is 1.47. The minimum absolute atomic E-state index is 0.00310. The van der Waals surface area contributed by atoms with Gasteiger partial charge in [-0.1, -0.05) is 137 Å². The highest BCUT2D eigenvalue weighted by molar-refractivity contribution is 8.24. The van der Waals surface area contributed by atoms with E-state index in [2.05, 4.69) is 74.2 Å². The molecule has 6 aliphatic rings. The maximum absolute atomic E-state index is 14.5. The summed E-state index contributed by atoms with van der Waals surface area (Å²) in [5.41, 5.74) is 7.72. The van der Waals surface area contributed by atoms with Gasteiger partial charge in [0.25, 0.3) is 5.70 Å². The zero-order chi connectivity index (χ0) is 40.1. The van der Waals surface area contributed by atoms with E-state index < -0.39 is 0 Å². The van der Waals surface area contributed by atoms with Crippen molar-refractivity contribution >= 4 is 35.5 Å². The first-order valence-corrected chi connectivity index (χ1v) is 23.7. The van der Waals surface area contributed by atoms with Crippen molar-refractivity contribution in [3.63, 3.8) is 0 Å². The van der Waals surface area contributed by atoms with Gasteiger partial charge >= 0.3 is 11.9 Å². The molecular weight excluding hydrogens is 757 g/mol. The molecule has 0 N–H and O–H groups in total. The molecule has 0 radical (unpaired) electrons. The van der Waals surface area contributed by atoms with Crippen molar-refractivity contribution in [1.29, 1.82) is 5.26 Å². The van der Waals surface area contributed by atoms with E-state index >= 15 is 0 Å². The molecule has 2 fully saturated rings. The first kappa shape index (κ1) is 39.5. The van der Waals surface area contributed by atoms with Crippen molar-refractivity contribution in [1.82, 2.24) is 0 Å². The molecule has 1 heterocycles. The molecule has 0 amide bonds. The maximum atomic E-state index is 14.5. The Bertz CT molecular complexity index is 2250. The Hall–Kier alpha value is -3.98. The number of hydrogen-bond acceptors (Lipinski definition) is 7. The van der Waals surface area contributed by atoms with Gasteiger partial charge in [0.2, 0.25) is 0 Å². The zero-order valence-corrected chi connectivity index (χ0v) is 35.8. The highest BCUT2D eigenvalue weighted by Crippen LogP contribution is 2.81. The molecular formula is C50H54N2O4S2. The number of nitrogens with zero attached hydrogens (tertiary/aromatic N) is 2. The molecule has 8 heteroatoms. The molecule has 1 aliphatic heterocycles. The molecule has 300 valence electrons. The Kier molecular flexibility index (Phi) is 11.0. The second-order valence-electron chi connectivity index (χ2n) is 17.9. The third-order valence-electron chi connectivity index (χ3n) is 14.6. The van der Waals surface area contributed by atoms with Crippen LogP contribution in [0.3, 0.4) is 0 Å². The predicted octanol–water partition coefficient (Wildman–Crippen LogP) is 13.3. The Morgan fingerprint density at radius 3 is 1.79 bits per heavy atom. The van der Waals surface area contributed by atoms with E-state index in [1.807, 2.05) is 0 Å². The molecule has 0 bridgehead atoms. The number of benzene rings is 3. The average molecular weight is 811 g/mol. The molecule has 1 spiro atoms. The molecule has 9 rings (SSSR count). The summed E-state index contributed by atoms with van der Waals surface area (Å²) in [5, 5.41) is 10.1. The minimum atomic E-state index is -0.352.